The lowest BCUT2D eigenvalue weighted by Crippen LogP contribution is -2.64. The lowest BCUT2D eigenvalue weighted by atomic mass is 9.87. The minimum atomic E-state index is -2.75. The van der Waals surface area contributed by atoms with Crippen LogP contribution in [0.3, 0.4) is 0 Å². The first-order valence-corrected chi connectivity index (χ1v) is 9.95. The smallest absolute Gasteiger partial charge is 0.150 e. The van der Waals surface area contributed by atoms with Crippen LogP contribution >= 0.6 is 0 Å². The van der Waals surface area contributed by atoms with Crippen molar-refractivity contribution in [3.05, 3.63) is 0 Å². The van der Waals surface area contributed by atoms with Crippen molar-refractivity contribution in [3.63, 3.8) is 0 Å². The van der Waals surface area contributed by atoms with E-state index in [2.05, 4.69) is 31.0 Å². The normalized spacial score (nSPS) is 33.4. The largest absolute Gasteiger partial charge is 0.308 e. The zero-order valence-corrected chi connectivity index (χ0v) is 14.0. The second-order valence-electron chi connectivity index (χ2n) is 6.63. The summed E-state index contributed by atoms with van der Waals surface area (Å²) in [6, 6.07) is 0.560. The standard InChI is InChI=1S/C15H30N2O2S/c1-4-14-9-16-15(5-2,6-3)12-17(14)10-13-7-8-20(18,19)11-13/h13-14,16H,4-12H2,1-3H3. The van der Waals surface area contributed by atoms with Gasteiger partial charge in [0.2, 0.25) is 0 Å². The SMILES string of the molecule is CCC1CNC(CC)(CC)CN1CC1CCS(=O)(=O)C1. The maximum atomic E-state index is 11.6. The molecule has 0 saturated carbocycles. The summed E-state index contributed by atoms with van der Waals surface area (Å²) >= 11 is 0. The molecule has 2 heterocycles. The maximum absolute atomic E-state index is 11.6. The van der Waals surface area contributed by atoms with Gasteiger partial charge in [0.25, 0.3) is 0 Å². The second-order valence-corrected chi connectivity index (χ2v) is 8.86. The second kappa shape index (κ2) is 6.32. The molecule has 2 saturated heterocycles. The number of rotatable bonds is 5. The Bertz CT molecular complexity index is 418. The van der Waals surface area contributed by atoms with E-state index >= 15 is 0 Å². The molecule has 0 aromatic carbocycles. The van der Waals surface area contributed by atoms with Crippen molar-refractivity contribution in [2.24, 2.45) is 5.92 Å². The van der Waals surface area contributed by atoms with Gasteiger partial charge >= 0.3 is 0 Å². The lowest BCUT2D eigenvalue weighted by Gasteiger charge is -2.48. The molecule has 4 nitrogen and oxygen atoms in total. The van der Waals surface area contributed by atoms with Crippen molar-refractivity contribution < 1.29 is 8.42 Å². The van der Waals surface area contributed by atoms with E-state index in [0.29, 0.717) is 23.5 Å². The molecule has 0 amide bonds. The summed E-state index contributed by atoms with van der Waals surface area (Å²) in [5.41, 5.74) is 0.225. The molecule has 2 aliphatic rings. The van der Waals surface area contributed by atoms with Crippen LogP contribution in [0.15, 0.2) is 0 Å². The van der Waals surface area contributed by atoms with Gasteiger partial charge in [-0.2, -0.15) is 0 Å². The summed E-state index contributed by atoms with van der Waals surface area (Å²) in [6.45, 7) is 9.80. The van der Waals surface area contributed by atoms with Gasteiger partial charge in [-0.15, -0.1) is 0 Å². The average Bonchev–Trinajstić information content (AvgIpc) is 2.78. The predicted octanol–water partition coefficient (Wildman–Crippen LogP) is 1.66. The zero-order valence-electron chi connectivity index (χ0n) is 13.2. The highest BCUT2D eigenvalue weighted by molar-refractivity contribution is 7.91. The molecule has 2 rings (SSSR count). The molecule has 2 unspecified atom stereocenters. The Morgan fingerprint density at radius 3 is 2.45 bits per heavy atom. The third kappa shape index (κ3) is 3.55. The lowest BCUT2D eigenvalue weighted by molar-refractivity contribution is 0.0600. The molecule has 0 aromatic rings. The number of nitrogens with one attached hydrogen (secondary N) is 1. The van der Waals surface area contributed by atoms with Gasteiger partial charge < -0.3 is 5.32 Å². The molecule has 2 aliphatic heterocycles. The van der Waals surface area contributed by atoms with Crippen LogP contribution < -0.4 is 5.32 Å². The van der Waals surface area contributed by atoms with Crippen molar-refractivity contribution in [3.8, 4) is 0 Å². The first-order valence-electron chi connectivity index (χ1n) is 8.13. The fourth-order valence-corrected chi connectivity index (χ4v) is 5.57. The molecule has 2 fully saturated rings. The number of piperazine rings is 1. The van der Waals surface area contributed by atoms with Gasteiger partial charge in [-0.1, -0.05) is 20.8 Å². The van der Waals surface area contributed by atoms with Gasteiger partial charge in [-0.25, -0.2) is 8.42 Å². The fourth-order valence-electron chi connectivity index (χ4n) is 3.72. The van der Waals surface area contributed by atoms with E-state index in [1.807, 2.05) is 0 Å². The monoisotopic (exact) mass is 302 g/mol. The van der Waals surface area contributed by atoms with E-state index in [1.165, 1.54) is 0 Å². The van der Waals surface area contributed by atoms with Crippen LogP contribution in [0.2, 0.25) is 0 Å². The molecule has 0 aromatic heterocycles. The van der Waals surface area contributed by atoms with Gasteiger partial charge in [0, 0.05) is 31.2 Å². The average molecular weight is 302 g/mol. The Morgan fingerprint density at radius 1 is 1.25 bits per heavy atom. The third-order valence-electron chi connectivity index (χ3n) is 5.38. The molecule has 0 spiro atoms. The van der Waals surface area contributed by atoms with Crippen molar-refractivity contribution >= 4 is 9.84 Å². The van der Waals surface area contributed by atoms with E-state index in [0.717, 1.165) is 45.3 Å². The zero-order chi connectivity index (χ0) is 14.8. The van der Waals surface area contributed by atoms with E-state index < -0.39 is 9.84 Å². The Balaban J connectivity index is 2.02. The van der Waals surface area contributed by atoms with Crippen molar-refractivity contribution in [2.45, 2.75) is 58.0 Å². The maximum Gasteiger partial charge on any atom is 0.150 e. The number of sulfone groups is 1. The van der Waals surface area contributed by atoms with Gasteiger partial charge in [0.1, 0.15) is 0 Å². The van der Waals surface area contributed by atoms with Crippen LogP contribution in [-0.2, 0) is 9.84 Å². The molecule has 2 atom stereocenters. The minimum absolute atomic E-state index is 0.225. The van der Waals surface area contributed by atoms with Crippen molar-refractivity contribution in [2.75, 3.05) is 31.1 Å². The third-order valence-corrected chi connectivity index (χ3v) is 7.22. The quantitative estimate of drug-likeness (QED) is 0.839. The summed E-state index contributed by atoms with van der Waals surface area (Å²) in [5, 5.41) is 3.74. The summed E-state index contributed by atoms with van der Waals surface area (Å²) in [6.07, 6.45) is 4.27. The van der Waals surface area contributed by atoms with Crippen LogP contribution in [0, 0.1) is 5.92 Å². The highest BCUT2D eigenvalue weighted by Gasteiger charge is 2.38. The summed E-state index contributed by atoms with van der Waals surface area (Å²) in [5.74, 6) is 1.14. The van der Waals surface area contributed by atoms with Crippen LogP contribution in [0.4, 0.5) is 0 Å². The number of hydrogen-bond donors (Lipinski definition) is 1. The Hall–Kier alpha value is -0.130. The topological polar surface area (TPSA) is 49.4 Å². The van der Waals surface area contributed by atoms with Crippen molar-refractivity contribution in [1.29, 1.82) is 0 Å². The van der Waals surface area contributed by atoms with E-state index in [4.69, 9.17) is 0 Å². The Morgan fingerprint density at radius 2 is 1.95 bits per heavy atom. The van der Waals surface area contributed by atoms with Crippen LogP contribution in [0.5, 0.6) is 0 Å². The van der Waals surface area contributed by atoms with Crippen LogP contribution in [-0.4, -0.2) is 56.0 Å². The van der Waals surface area contributed by atoms with Gasteiger partial charge in [0.15, 0.2) is 9.84 Å². The molecule has 1 N–H and O–H groups in total. The van der Waals surface area contributed by atoms with E-state index in [9.17, 15) is 8.42 Å². The molecule has 20 heavy (non-hydrogen) atoms. The first kappa shape index (κ1) is 16.2. The van der Waals surface area contributed by atoms with Gasteiger partial charge in [-0.3, -0.25) is 4.90 Å². The Kier molecular flexibility index (Phi) is 5.14. The Labute approximate surface area is 124 Å². The summed E-state index contributed by atoms with van der Waals surface area (Å²) in [7, 11) is -2.75. The van der Waals surface area contributed by atoms with E-state index in [1.54, 1.807) is 0 Å². The van der Waals surface area contributed by atoms with Gasteiger partial charge in [0.05, 0.1) is 11.5 Å². The summed E-state index contributed by atoms with van der Waals surface area (Å²) < 4.78 is 23.3. The minimum Gasteiger partial charge on any atom is -0.308 e. The first-order chi connectivity index (χ1) is 9.43. The summed E-state index contributed by atoms with van der Waals surface area (Å²) in [4.78, 5) is 2.56. The predicted molar refractivity (Wildman–Crippen MR) is 83.7 cm³/mol. The molecular weight excluding hydrogens is 272 g/mol. The van der Waals surface area contributed by atoms with E-state index in [-0.39, 0.29) is 5.54 Å². The highest BCUT2D eigenvalue weighted by Crippen LogP contribution is 2.27. The van der Waals surface area contributed by atoms with Crippen LogP contribution in [0.1, 0.15) is 46.5 Å². The number of hydrogen-bond acceptors (Lipinski definition) is 4. The molecule has 0 aliphatic carbocycles. The molecule has 5 heteroatoms. The van der Waals surface area contributed by atoms with Crippen molar-refractivity contribution in [1.82, 2.24) is 10.2 Å². The highest BCUT2D eigenvalue weighted by atomic mass is 32.2. The molecular formula is C15H30N2O2S. The van der Waals surface area contributed by atoms with Crippen LogP contribution in [0.25, 0.3) is 0 Å². The van der Waals surface area contributed by atoms with Gasteiger partial charge in [-0.05, 0) is 31.6 Å². The molecule has 118 valence electrons. The number of nitrogens with zero attached hydrogens (tertiary/aromatic N) is 1. The fraction of sp³-hybridized carbons (Fsp3) is 1.00. The molecule has 0 bridgehead atoms. The molecule has 0 radical (unpaired) electrons.